The molecule has 0 spiro atoms. The van der Waals surface area contributed by atoms with Gasteiger partial charge in [0.1, 0.15) is 0 Å². The van der Waals surface area contributed by atoms with Gasteiger partial charge in [0, 0.05) is 0 Å². The summed E-state index contributed by atoms with van der Waals surface area (Å²) in [5.41, 5.74) is 0.220. The molecular weight excluding hydrogens is 447 g/mol. The summed E-state index contributed by atoms with van der Waals surface area (Å²) in [6.07, 6.45) is 0. The van der Waals surface area contributed by atoms with Gasteiger partial charge in [-0.2, -0.15) is 0 Å². The van der Waals surface area contributed by atoms with Crippen molar-refractivity contribution < 1.29 is 39.6 Å². The summed E-state index contributed by atoms with van der Waals surface area (Å²) in [7, 11) is 0. The van der Waals surface area contributed by atoms with Crippen molar-refractivity contribution >= 4 is 38.4 Å². The molecule has 3 rings (SSSR count). The average Bonchev–Trinajstić information content (AvgIpc) is 3.17. The fourth-order valence-electron chi connectivity index (χ4n) is 2.68. The van der Waals surface area contributed by atoms with Crippen molar-refractivity contribution in [3.05, 3.63) is 70.8 Å². The molecule has 0 fully saturated rings. The quantitative estimate of drug-likeness (QED) is 0.411. The Kier molecular flexibility index (Phi) is 5.36. The van der Waals surface area contributed by atoms with Crippen LogP contribution in [0.5, 0.6) is 0 Å². The van der Waals surface area contributed by atoms with Crippen LogP contribution < -0.4 is 0 Å². The summed E-state index contributed by atoms with van der Waals surface area (Å²) in [6.45, 7) is 0. The molecule has 0 radical (unpaired) electrons. The van der Waals surface area contributed by atoms with Crippen molar-refractivity contribution in [2.75, 3.05) is 0 Å². The van der Waals surface area contributed by atoms with E-state index in [1.165, 1.54) is 24.3 Å². The predicted octanol–water partition coefficient (Wildman–Crippen LogP) is 2.87. The van der Waals surface area contributed by atoms with Crippen LogP contribution in [0, 0.1) is 0 Å². The number of carbonyl (C=O) groups is 4. The van der Waals surface area contributed by atoms with Gasteiger partial charge >= 0.3 is 169 Å². The molecule has 1 heterocycles. The Balaban J connectivity index is 2.11. The third-order valence-electron chi connectivity index (χ3n) is 4.03. The standard InChI is InChI=1S/C20H12O8Se/c21-17(22)11-3-9(4-12(7-11)18(23)24)15-1-2-16(29-15)10-5-13(19(25)26)8-14(6-10)20(27)28/h1-8H,(H,21,22)(H,23,24)(H,25,26)(H,27,28). The van der Waals surface area contributed by atoms with E-state index in [4.69, 9.17) is 0 Å². The van der Waals surface area contributed by atoms with Gasteiger partial charge in [0.2, 0.25) is 0 Å². The molecule has 1 aromatic heterocycles. The molecule has 0 aliphatic heterocycles. The van der Waals surface area contributed by atoms with Gasteiger partial charge in [-0.1, -0.05) is 0 Å². The molecule has 0 aliphatic carbocycles. The van der Waals surface area contributed by atoms with Crippen molar-refractivity contribution in [2.45, 2.75) is 0 Å². The van der Waals surface area contributed by atoms with E-state index in [1.807, 2.05) is 0 Å². The van der Waals surface area contributed by atoms with Crippen molar-refractivity contribution in [3.8, 4) is 20.0 Å². The molecule has 0 amide bonds. The zero-order valence-electron chi connectivity index (χ0n) is 14.4. The van der Waals surface area contributed by atoms with Crippen LogP contribution >= 0.6 is 0 Å². The number of carboxylic acid groups (broad SMARTS) is 4. The SMILES string of the molecule is O=C(O)c1cc(C(=O)O)cc(-c2ccc(-c3cc(C(=O)O)cc(C(=O)O)c3)[se]2)c1. The molecule has 0 atom stereocenters. The van der Waals surface area contributed by atoms with Gasteiger partial charge in [-0.05, 0) is 0 Å². The van der Waals surface area contributed by atoms with Crippen LogP contribution in [0.15, 0.2) is 48.5 Å². The first-order valence-corrected chi connectivity index (χ1v) is 9.71. The summed E-state index contributed by atoms with van der Waals surface area (Å²) >= 11 is -0.417. The van der Waals surface area contributed by atoms with E-state index in [-0.39, 0.29) is 22.3 Å². The maximum atomic E-state index is 11.3. The predicted molar refractivity (Wildman–Crippen MR) is 102 cm³/mol. The van der Waals surface area contributed by atoms with Crippen molar-refractivity contribution in [3.63, 3.8) is 0 Å². The number of rotatable bonds is 6. The second-order valence-corrected chi connectivity index (χ2v) is 8.26. The molecule has 0 bridgehead atoms. The zero-order valence-corrected chi connectivity index (χ0v) is 16.2. The molecule has 4 N–H and O–H groups in total. The molecular formula is C20H12O8Se. The van der Waals surface area contributed by atoms with E-state index < -0.39 is 38.4 Å². The van der Waals surface area contributed by atoms with Crippen LogP contribution in [-0.4, -0.2) is 58.8 Å². The summed E-state index contributed by atoms with van der Waals surface area (Å²) in [5.74, 6) is -5.02. The maximum absolute atomic E-state index is 11.3. The van der Waals surface area contributed by atoms with Crippen molar-refractivity contribution in [1.82, 2.24) is 0 Å². The Bertz CT molecular complexity index is 1020. The summed E-state index contributed by atoms with van der Waals surface area (Å²) in [6, 6.07) is 11.0. The third-order valence-corrected chi connectivity index (χ3v) is 6.51. The fourth-order valence-corrected chi connectivity index (χ4v) is 4.74. The van der Waals surface area contributed by atoms with Gasteiger partial charge in [0.15, 0.2) is 0 Å². The molecule has 0 saturated heterocycles. The Labute approximate surface area is 169 Å². The van der Waals surface area contributed by atoms with Crippen LogP contribution in [-0.2, 0) is 0 Å². The molecule has 0 aliphatic rings. The summed E-state index contributed by atoms with van der Waals surface area (Å²) in [4.78, 5) is 45.2. The minimum atomic E-state index is -1.26. The molecule has 29 heavy (non-hydrogen) atoms. The number of hydrogen-bond acceptors (Lipinski definition) is 4. The van der Waals surface area contributed by atoms with Crippen LogP contribution in [0.1, 0.15) is 41.4 Å². The van der Waals surface area contributed by atoms with Crippen LogP contribution in [0.3, 0.4) is 0 Å². The number of aromatic carboxylic acids is 4. The molecule has 0 unspecified atom stereocenters. The van der Waals surface area contributed by atoms with E-state index in [0.717, 1.165) is 12.1 Å². The van der Waals surface area contributed by atoms with Gasteiger partial charge in [-0.25, -0.2) is 0 Å². The second-order valence-electron chi connectivity index (χ2n) is 5.98. The van der Waals surface area contributed by atoms with Gasteiger partial charge in [0.05, 0.1) is 0 Å². The van der Waals surface area contributed by atoms with E-state index in [1.54, 1.807) is 12.1 Å². The molecule has 9 heteroatoms. The summed E-state index contributed by atoms with van der Waals surface area (Å²) < 4.78 is 1.38. The van der Waals surface area contributed by atoms with Crippen LogP contribution in [0.2, 0.25) is 0 Å². The van der Waals surface area contributed by atoms with Gasteiger partial charge in [-0.15, -0.1) is 0 Å². The Morgan fingerprint density at radius 3 is 1.03 bits per heavy atom. The average molecular weight is 459 g/mol. The topological polar surface area (TPSA) is 149 Å². The molecule has 0 saturated carbocycles. The van der Waals surface area contributed by atoms with E-state index in [9.17, 15) is 39.6 Å². The molecule has 2 aromatic carbocycles. The first-order valence-electron chi connectivity index (χ1n) is 7.99. The number of carboxylic acids is 4. The molecule has 146 valence electrons. The Morgan fingerprint density at radius 2 is 0.793 bits per heavy atom. The second kappa shape index (κ2) is 7.75. The van der Waals surface area contributed by atoms with Gasteiger partial charge in [-0.3, -0.25) is 0 Å². The van der Waals surface area contributed by atoms with Crippen LogP contribution in [0.25, 0.3) is 20.0 Å². The molecule has 8 nitrogen and oxygen atoms in total. The third kappa shape index (κ3) is 4.26. The first-order chi connectivity index (χ1) is 13.7. The van der Waals surface area contributed by atoms with Gasteiger partial charge in [0.25, 0.3) is 0 Å². The zero-order chi connectivity index (χ0) is 21.3. The Morgan fingerprint density at radius 1 is 0.517 bits per heavy atom. The monoisotopic (exact) mass is 460 g/mol. The van der Waals surface area contributed by atoms with E-state index in [2.05, 4.69) is 0 Å². The van der Waals surface area contributed by atoms with E-state index >= 15 is 0 Å². The fraction of sp³-hybridized carbons (Fsp3) is 0. The van der Waals surface area contributed by atoms with Crippen molar-refractivity contribution in [2.24, 2.45) is 0 Å². The van der Waals surface area contributed by atoms with Gasteiger partial charge < -0.3 is 0 Å². The number of hydrogen-bond donors (Lipinski definition) is 4. The minimum absolute atomic E-state index is 0.161. The van der Waals surface area contributed by atoms with E-state index in [0.29, 0.717) is 20.0 Å². The normalized spacial score (nSPS) is 10.5. The van der Waals surface area contributed by atoms with Crippen molar-refractivity contribution in [1.29, 1.82) is 0 Å². The summed E-state index contributed by atoms with van der Waals surface area (Å²) in [5, 5.41) is 36.9. The Hall–Kier alpha value is -3.68. The first kappa shape index (κ1) is 20.1. The van der Waals surface area contributed by atoms with Crippen LogP contribution in [0.4, 0.5) is 0 Å². The molecule has 3 aromatic rings. The number of benzene rings is 2.